The molecule has 3 nitrogen and oxygen atoms in total. The lowest BCUT2D eigenvalue weighted by Crippen LogP contribution is -2.34. The number of rotatable bonds is 13. The molecule has 0 bridgehead atoms. The van der Waals surface area contributed by atoms with Crippen LogP contribution in [0, 0.1) is 0 Å². The van der Waals surface area contributed by atoms with Crippen molar-refractivity contribution in [3.8, 4) is 0 Å². The molecule has 1 atom stereocenters. The van der Waals surface area contributed by atoms with Crippen molar-refractivity contribution in [2.45, 2.75) is 77.2 Å². The Balaban J connectivity index is 3.13. The van der Waals surface area contributed by atoms with Crippen molar-refractivity contribution in [3.63, 3.8) is 0 Å². The highest BCUT2D eigenvalue weighted by Crippen LogP contribution is 2.10. The molecule has 2 N–H and O–H groups in total. The average molecular weight is 289 g/mol. The first kappa shape index (κ1) is 18.8. The van der Waals surface area contributed by atoms with E-state index >= 15 is 0 Å². The molecule has 0 saturated carbocycles. The van der Waals surface area contributed by atoms with Crippen molar-refractivity contribution in [1.29, 1.82) is 0 Å². The van der Waals surface area contributed by atoms with E-state index in [9.17, 15) is 4.79 Å². The van der Waals surface area contributed by atoms with Gasteiger partial charge < -0.3 is 10.5 Å². The van der Waals surface area contributed by atoms with Crippen LogP contribution in [-0.4, -0.2) is 24.4 Å². The van der Waals surface area contributed by atoms with Crippen LogP contribution in [0.5, 0.6) is 0 Å². The molecular formula is C15H31NO2S. The molecule has 0 aromatic heterocycles. The largest absolute Gasteiger partial charge is 0.465 e. The fourth-order valence-electron chi connectivity index (χ4n) is 1.94. The molecule has 0 aliphatic carbocycles. The van der Waals surface area contributed by atoms with Gasteiger partial charge in [-0.3, -0.25) is 4.79 Å². The summed E-state index contributed by atoms with van der Waals surface area (Å²) in [4.78, 5) is 11.2. The second kappa shape index (κ2) is 14.2. The molecule has 0 radical (unpaired) electrons. The fourth-order valence-corrected chi connectivity index (χ4v) is 2.09. The predicted octanol–water partition coefficient (Wildman–Crippen LogP) is 3.71. The zero-order chi connectivity index (χ0) is 14.3. The number of hydrogen-bond acceptors (Lipinski definition) is 4. The molecule has 0 aromatic carbocycles. The number of thiol groups is 1. The maximum absolute atomic E-state index is 11.2. The predicted molar refractivity (Wildman–Crippen MR) is 84.6 cm³/mol. The van der Waals surface area contributed by atoms with Crippen molar-refractivity contribution in [1.82, 2.24) is 0 Å². The standard InChI is InChI=1S/C15H31NO2S/c1-2-3-4-5-6-7-8-9-10-11-12-18-15(17)14(16)13-19/h14,19H,2-13,16H2,1H3/t14-/m0/s1. The second-order valence-corrected chi connectivity index (χ2v) is 5.50. The van der Waals surface area contributed by atoms with Gasteiger partial charge in [0.1, 0.15) is 6.04 Å². The summed E-state index contributed by atoms with van der Waals surface area (Å²) < 4.78 is 5.05. The SMILES string of the molecule is CCCCCCCCCCCCOC(=O)[C@@H](N)CS. The summed E-state index contributed by atoms with van der Waals surface area (Å²) in [5.41, 5.74) is 5.50. The van der Waals surface area contributed by atoms with Crippen LogP contribution < -0.4 is 5.73 Å². The molecule has 0 aromatic rings. The van der Waals surface area contributed by atoms with Gasteiger partial charge in [-0.15, -0.1) is 0 Å². The molecule has 4 heteroatoms. The smallest absolute Gasteiger partial charge is 0.323 e. The molecule has 0 aliphatic rings. The van der Waals surface area contributed by atoms with E-state index in [1.165, 1.54) is 51.4 Å². The van der Waals surface area contributed by atoms with E-state index in [-0.39, 0.29) is 5.97 Å². The van der Waals surface area contributed by atoms with E-state index in [2.05, 4.69) is 19.6 Å². The van der Waals surface area contributed by atoms with Crippen LogP contribution in [0.3, 0.4) is 0 Å². The van der Waals surface area contributed by atoms with E-state index in [0.29, 0.717) is 12.4 Å². The number of carbonyl (C=O) groups is 1. The number of unbranched alkanes of at least 4 members (excludes halogenated alkanes) is 9. The third-order valence-electron chi connectivity index (χ3n) is 3.24. The molecule has 0 amide bonds. The minimum Gasteiger partial charge on any atom is -0.465 e. The summed E-state index contributed by atoms with van der Waals surface area (Å²) in [6.07, 6.45) is 12.8. The van der Waals surface area contributed by atoms with Crippen LogP contribution in [0.4, 0.5) is 0 Å². The minimum absolute atomic E-state index is 0.328. The molecular weight excluding hydrogens is 258 g/mol. The Morgan fingerprint density at radius 3 is 1.95 bits per heavy atom. The zero-order valence-corrected chi connectivity index (χ0v) is 13.3. The molecule has 19 heavy (non-hydrogen) atoms. The molecule has 0 aliphatic heterocycles. The maximum atomic E-state index is 11.2. The number of hydrogen-bond donors (Lipinski definition) is 2. The maximum Gasteiger partial charge on any atom is 0.323 e. The monoisotopic (exact) mass is 289 g/mol. The highest BCUT2D eigenvalue weighted by atomic mass is 32.1. The van der Waals surface area contributed by atoms with Gasteiger partial charge in [0, 0.05) is 5.75 Å². The Bertz CT molecular complexity index is 212. The van der Waals surface area contributed by atoms with Crippen LogP contribution >= 0.6 is 12.6 Å². The summed E-state index contributed by atoms with van der Waals surface area (Å²) in [7, 11) is 0. The van der Waals surface area contributed by atoms with Crippen molar-refractivity contribution in [3.05, 3.63) is 0 Å². The summed E-state index contributed by atoms with van der Waals surface area (Å²) >= 11 is 3.96. The minimum atomic E-state index is -0.577. The quantitative estimate of drug-likeness (QED) is 0.309. The summed E-state index contributed by atoms with van der Waals surface area (Å²) in [6, 6.07) is -0.577. The van der Waals surface area contributed by atoms with E-state index in [1.54, 1.807) is 0 Å². The Morgan fingerprint density at radius 2 is 1.47 bits per heavy atom. The summed E-state index contributed by atoms with van der Waals surface area (Å²) in [6.45, 7) is 2.74. The fraction of sp³-hybridized carbons (Fsp3) is 0.933. The van der Waals surface area contributed by atoms with E-state index in [0.717, 1.165) is 12.8 Å². The van der Waals surface area contributed by atoms with Gasteiger partial charge in [-0.25, -0.2) is 0 Å². The number of carbonyl (C=O) groups excluding carboxylic acids is 1. The van der Waals surface area contributed by atoms with Crippen LogP contribution in [-0.2, 0) is 9.53 Å². The van der Waals surface area contributed by atoms with Gasteiger partial charge in [0.2, 0.25) is 0 Å². The average Bonchev–Trinajstić information content (AvgIpc) is 2.43. The third-order valence-corrected chi connectivity index (χ3v) is 3.64. The number of nitrogens with two attached hydrogens (primary N) is 1. The lowest BCUT2D eigenvalue weighted by Gasteiger charge is -2.08. The van der Waals surface area contributed by atoms with Crippen LogP contribution in [0.1, 0.15) is 71.1 Å². The first-order chi connectivity index (χ1) is 9.22. The second-order valence-electron chi connectivity index (χ2n) is 5.14. The lowest BCUT2D eigenvalue weighted by molar-refractivity contribution is -0.144. The van der Waals surface area contributed by atoms with Gasteiger partial charge in [0.25, 0.3) is 0 Å². The van der Waals surface area contributed by atoms with Crippen LogP contribution in [0.2, 0.25) is 0 Å². The molecule has 0 spiro atoms. The summed E-state index contributed by atoms with van der Waals surface area (Å²) in [5.74, 6) is 0.0163. The van der Waals surface area contributed by atoms with Gasteiger partial charge in [0.15, 0.2) is 0 Å². The Labute approximate surface area is 124 Å². The normalized spacial score (nSPS) is 12.4. The summed E-state index contributed by atoms with van der Waals surface area (Å²) in [5, 5.41) is 0. The Morgan fingerprint density at radius 1 is 1.00 bits per heavy atom. The van der Waals surface area contributed by atoms with Crippen LogP contribution in [0.15, 0.2) is 0 Å². The van der Waals surface area contributed by atoms with Crippen molar-refractivity contribution >= 4 is 18.6 Å². The van der Waals surface area contributed by atoms with Crippen molar-refractivity contribution in [2.24, 2.45) is 5.73 Å². The number of esters is 1. The molecule has 0 saturated heterocycles. The molecule has 0 heterocycles. The Hall–Kier alpha value is -0.220. The Kier molecular flexibility index (Phi) is 14.0. The van der Waals surface area contributed by atoms with Crippen LogP contribution in [0.25, 0.3) is 0 Å². The van der Waals surface area contributed by atoms with E-state index in [4.69, 9.17) is 10.5 Å². The first-order valence-corrected chi connectivity index (χ1v) is 8.38. The van der Waals surface area contributed by atoms with E-state index in [1.807, 2.05) is 0 Å². The van der Waals surface area contributed by atoms with E-state index < -0.39 is 6.04 Å². The topological polar surface area (TPSA) is 52.3 Å². The molecule has 0 fully saturated rings. The van der Waals surface area contributed by atoms with Gasteiger partial charge in [-0.2, -0.15) is 12.6 Å². The first-order valence-electron chi connectivity index (χ1n) is 7.75. The van der Waals surface area contributed by atoms with Gasteiger partial charge in [0.05, 0.1) is 6.61 Å². The molecule has 0 rings (SSSR count). The highest BCUT2D eigenvalue weighted by molar-refractivity contribution is 7.80. The van der Waals surface area contributed by atoms with Gasteiger partial charge in [-0.05, 0) is 6.42 Å². The lowest BCUT2D eigenvalue weighted by atomic mass is 10.1. The van der Waals surface area contributed by atoms with Gasteiger partial charge in [-0.1, -0.05) is 64.7 Å². The molecule has 0 unspecified atom stereocenters. The van der Waals surface area contributed by atoms with Gasteiger partial charge >= 0.3 is 5.97 Å². The van der Waals surface area contributed by atoms with Crippen molar-refractivity contribution < 1.29 is 9.53 Å². The number of ether oxygens (including phenoxy) is 1. The van der Waals surface area contributed by atoms with Crippen molar-refractivity contribution in [2.75, 3.05) is 12.4 Å². The zero-order valence-electron chi connectivity index (χ0n) is 12.4. The molecule has 114 valence electrons. The highest BCUT2D eigenvalue weighted by Gasteiger charge is 2.11. The third kappa shape index (κ3) is 12.6.